The van der Waals surface area contributed by atoms with Gasteiger partial charge in [0, 0.05) is 31.4 Å². The minimum absolute atomic E-state index is 0.637. The van der Waals surface area contributed by atoms with Crippen LogP contribution in [0.3, 0.4) is 0 Å². The Balaban J connectivity index is 1.91. The molecule has 0 saturated heterocycles. The Morgan fingerprint density at radius 1 is 1.47 bits per heavy atom. The number of rotatable bonds is 5. The first-order valence-corrected chi connectivity index (χ1v) is 7.51. The number of aromatic nitrogens is 2. The molecule has 1 saturated carbocycles. The third-order valence-electron chi connectivity index (χ3n) is 3.36. The van der Waals surface area contributed by atoms with Crippen LogP contribution in [0.1, 0.15) is 24.0 Å². The van der Waals surface area contributed by atoms with Crippen LogP contribution in [0.25, 0.3) is 0 Å². The van der Waals surface area contributed by atoms with E-state index in [1.165, 1.54) is 18.4 Å². The second kappa shape index (κ2) is 5.17. The average Bonchev–Trinajstić information content (AvgIpc) is 3.14. The number of anilines is 2. The Kier molecular flexibility index (Phi) is 3.38. The number of aryl methyl sites for hydroxylation is 1. The van der Waals surface area contributed by atoms with Gasteiger partial charge in [-0.05, 0) is 42.2 Å². The lowest BCUT2D eigenvalue weighted by Gasteiger charge is -2.25. The zero-order valence-electron chi connectivity index (χ0n) is 11.3. The lowest BCUT2D eigenvalue weighted by atomic mass is 10.2. The molecule has 0 unspecified atom stereocenters. The summed E-state index contributed by atoms with van der Waals surface area (Å²) < 4.78 is 0. The summed E-state index contributed by atoms with van der Waals surface area (Å²) in [6.07, 6.45) is 4.43. The second-order valence-electron chi connectivity index (χ2n) is 4.94. The normalized spacial score (nSPS) is 14.4. The van der Waals surface area contributed by atoms with E-state index < -0.39 is 0 Å². The van der Waals surface area contributed by atoms with Crippen LogP contribution in [0.2, 0.25) is 0 Å². The van der Waals surface area contributed by atoms with Crippen molar-refractivity contribution in [3.63, 3.8) is 0 Å². The Hall–Kier alpha value is -1.62. The van der Waals surface area contributed by atoms with Gasteiger partial charge in [-0.1, -0.05) is 0 Å². The van der Waals surface area contributed by atoms with E-state index in [1.54, 1.807) is 11.3 Å². The summed E-state index contributed by atoms with van der Waals surface area (Å²) in [5, 5.41) is 7.37. The molecule has 5 heteroatoms. The van der Waals surface area contributed by atoms with Gasteiger partial charge in [0.1, 0.15) is 5.82 Å². The van der Waals surface area contributed by atoms with Crippen molar-refractivity contribution in [3.8, 4) is 0 Å². The smallest absolute Gasteiger partial charge is 0.224 e. The Bertz CT molecular complexity index is 549. The summed E-state index contributed by atoms with van der Waals surface area (Å²) in [4.78, 5) is 11.3. The van der Waals surface area contributed by atoms with Crippen molar-refractivity contribution in [2.45, 2.75) is 32.4 Å². The second-order valence-corrected chi connectivity index (χ2v) is 5.72. The van der Waals surface area contributed by atoms with E-state index in [-0.39, 0.29) is 0 Å². The average molecular weight is 274 g/mol. The highest BCUT2D eigenvalue weighted by Gasteiger charge is 2.31. The molecule has 0 aromatic carbocycles. The van der Waals surface area contributed by atoms with Crippen LogP contribution in [0.15, 0.2) is 23.0 Å². The molecule has 1 fully saturated rings. The number of hydrogen-bond donors (Lipinski definition) is 1. The van der Waals surface area contributed by atoms with Crippen LogP contribution in [0.5, 0.6) is 0 Å². The molecular weight excluding hydrogens is 256 g/mol. The van der Waals surface area contributed by atoms with E-state index in [4.69, 9.17) is 0 Å². The largest absolute Gasteiger partial charge is 0.357 e. The lowest BCUT2D eigenvalue weighted by Crippen LogP contribution is -2.27. The molecule has 0 aliphatic heterocycles. The highest BCUT2D eigenvalue weighted by Crippen LogP contribution is 2.34. The number of thiophene rings is 1. The molecule has 4 nitrogen and oxygen atoms in total. The summed E-state index contributed by atoms with van der Waals surface area (Å²) in [5.74, 6) is 1.75. The zero-order chi connectivity index (χ0) is 13.2. The maximum Gasteiger partial charge on any atom is 0.224 e. The van der Waals surface area contributed by atoms with Crippen LogP contribution >= 0.6 is 11.3 Å². The SMILES string of the molecule is CNc1ncc(C)c(N(Cc2ccsc2)C2CC2)n1. The molecule has 0 bridgehead atoms. The van der Waals surface area contributed by atoms with Gasteiger partial charge in [-0.15, -0.1) is 0 Å². The first kappa shape index (κ1) is 12.4. The minimum atomic E-state index is 0.637. The fraction of sp³-hybridized carbons (Fsp3) is 0.429. The van der Waals surface area contributed by atoms with Gasteiger partial charge in [0.15, 0.2) is 0 Å². The van der Waals surface area contributed by atoms with Crippen LogP contribution in [-0.4, -0.2) is 23.1 Å². The maximum absolute atomic E-state index is 4.64. The Morgan fingerprint density at radius 2 is 2.32 bits per heavy atom. The van der Waals surface area contributed by atoms with Gasteiger partial charge in [-0.25, -0.2) is 4.98 Å². The molecule has 0 radical (unpaired) electrons. The molecule has 0 spiro atoms. The number of nitrogens with one attached hydrogen (secondary N) is 1. The van der Waals surface area contributed by atoms with E-state index in [9.17, 15) is 0 Å². The monoisotopic (exact) mass is 274 g/mol. The molecule has 3 rings (SSSR count). The fourth-order valence-corrected chi connectivity index (χ4v) is 2.85. The van der Waals surface area contributed by atoms with Gasteiger partial charge >= 0.3 is 0 Å². The summed E-state index contributed by atoms with van der Waals surface area (Å²) in [5.41, 5.74) is 2.50. The van der Waals surface area contributed by atoms with Gasteiger partial charge in [0.05, 0.1) is 0 Å². The van der Waals surface area contributed by atoms with Crippen molar-refractivity contribution in [2.75, 3.05) is 17.3 Å². The predicted molar refractivity (Wildman–Crippen MR) is 79.8 cm³/mol. The molecule has 2 aromatic rings. The molecular formula is C14H18N4S. The molecule has 100 valence electrons. The van der Waals surface area contributed by atoms with E-state index in [2.05, 4.69) is 43.9 Å². The molecule has 2 heterocycles. The first-order chi connectivity index (χ1) is 9.28. The van der Waals surface area contributed by atoms with Crippen molar-refractivity contribution < 1.29 is 0 Å². The van der Waals surface area contributed by atoms with E-state index in [0.29, 0.717) is 12.0 Å². The molecule has 1 aliphatic rings. The molecule has 1 aliphatic carbocycles. The summed E-state index contributed by atoms with van der Waals surface area (Å²) >= 11 is 1.75. The van der Waals surface area contributed by atoms with Crippen LogP contribution in [0.4, 0.5) is 11.8 Å². The molecule has 19 heavy (non-hydrogen) atoms. The van der Waals surface area contributed by atoms with Crippen molar-refractivity contribution >= 4 is 23.1 Å². The number of hydrogen-bond acceptors (Lipinski definition) is 5. The Labute approximate surface area is 117 Å². The van der Waals surface area contributed by atoms with Crippen LogP contribution < -0.4 is 10.2 Å². The highest BCUT2D eigenvalue weighted by atomic mass is 32.1. The highest BCUT2D eigenvalue weighted by molar-refractivity contribution is 7.07. The van der Waals surface area contributed by atoms with Gasteiger partial charge in [-0.3, -0.25) is 0 Å². The van der Waals surface area contributed by atoms with Crippen molar-refractivity contribution in [3.05, 3.63) is 34.2 Å². The molecule has 2 aromatic heterocycles. The summed E-state index contributed by atoms with van der Waals surface area (Å²) in [7, 11) is 1.86. The number of nitrogens with zero attached hydrogens (tertiary/aromatic N) is 3. The predicted octanol–water partition coefficient (Wildman–Crippen LogP) is 3.06. The summed E-state index contributed by atoms with van der Waals surface area (Å²) in [6.45, 7) is 3.02. The van der Waals surface area contributed by atoms with Crippen molar-refractivity contribution in [1.29, 1.82) is 0 Å². The van der Waals surface area contributed by atoms with Crippen LogP contribution in [0, 0.1) is 6.92 Å². The summed E-state index contributed by atoms with van der Waals surface area (Å²) in [6, 6.07) is 2.83. The standard InChI is InChI=1S/C14H18N4S/c1-10-7-16-14(15-2)17-13(10)18(12-3-4-12)8-11-5-6-19-9-11/h5-7,9,12H,3-4,8H2,1-2H3,(H,15,16,17). The van der Waals surface area contributed by atoms with Gasteiger partial charge in [-0.2, -0.15) is 16.3 Å². The third kappa shape index (κ3) is 2.71. The van der Waals surface area contributed by atoms with E-state index in [0.717, 1.165) is 17.9 Å². The van der Waals surface area contributed by atoms with Gasteiger partial charge < -0.3 is 10.2 Å². The lowest BCUT2D eigenvalue weighted by molar-refractivity contribution is 0.773. The Morgan fingerprint density at radius 3 is 2.95 bits per heavy atom. The molecule has 1 N–H and O–H groups in total. The topological polar surface area (TPSA) is 41.1 Å². The van der Waals surface area contributed by atoms with E-state index in [1.807, 2.05) is 13.2 Å². The van der Waals surface area contributed by atoms with Crippen molar-refractivity contribution in [2.24, 2.45) is 0 Å². The quantitative estimate of drug-likeness (QED) is 0.910. The van der Waals surface area contributed by atoms with Crippen LogP contribution in [-0.2, 0) is 6.54 Å². The van der Waals surface area contributed by atoms with Crippen molar-refractivity contribution in [1.82, 2.24) is 9.97 Å². The van der Waals surface area contributed by atoms with Gasteiger partial charge in [0.25, 0.3) is 0 Å². The maximum atomic E-state index is 4.64. The molecule has 0 atom stereocenters. The zero-order valence-corrected chi connectivity index (χ0v) is 12.1. The fourth-order valence-electron chi connectivity index (χ4n) is 2.19. The first-order valence-electron chi connectivity index (χ1n) is 6.57. The minimum Gasteiger partial charge on any atom is -0.357 e. The molecule has 0 amide bonds. The third-order valence-corrected chi connectivity index (χ3v) is 4.09. The van der Waals surface area contributed by atoms with E-state index >= 15 is 0 Å². The van der Waals surface area contributed by atoms with Gasteiger partial charge in [0.2, 0.25) is 5.95 Å².